The first-order chi connectivity index (χ1) is 8.72. The fraction of sp³-hybridized carbons (Fsp3) is 0.286. The number of nitrogens with two attached hydrogens (primary N) is 1. The molecule has 2 rings (SSSR count). The molecule has 0 aliphatic heterocycles. The van der Waals surface area contributed by atoms with Gasteiger partial charge in [-0.3, -0.25) is 9.78 Å². The summed E-state index contributed by atoms with van der Waals surface area (Å²) in [6, 6.07) is 7.21. The molecule has 1 aromatic heterocycles. The fourth-order valence-corrected chi connectivity index (χ4v) is 1.94. The van der Waals surface area contributed by atoms with E-state index < -0.39 is 6.04 Å². The molecule has 4 heteroatoms. The van der Waals surface area contributed by atoms with E-state index in [1.165, 1.54) is 0 Å². The second kappa shape index (κ2) is 5.60. The van der Waals surface area contributed by atoms with Crippen molar-refractivity contribution in [3.05, 3.63) is 42.2 Å². The summed E-state index contributed by atoms with van der Waals surface area (Å²) in [5, 5.41) is 2.12. The van der Waals surface area contributed by atoms with Gasteiger partial charge in [0.15, 0.2) is 0 Å². The van der Waals surface area contributed by atoms with Gasteiger partial charge in [-0.05, 0) is 30.4 Å². The summed E-state index contributed by atoms with van der Waals surface area (Å²) in [7, 11) is 0. The largest absolute Gasteiger partial charge is 0.465 e. The van der Waals surface area contributed by atoms with Crippen LogP contribution in [0.3, 0.4) is 0 Å². The highest BCUT2D eigenvalue weighted by molar-refractivity contribution is 5.85. The zero-order valence-corrected chi connectivity index (χ0v) is 10.3. The number of pyridine rings is 1. The molecular formula is C14H16N2O2. The van der Waals surface area contributed by atoms with Gasteiger partial charge in [-0.2, -0.15) is 0 Å². The average molecular weight is 244 g/mol. The van der Waals surface area contributed by atoms with Crippen LogP contribution in [-0.4, -0.2) is 23.6 Å². The van der Waals surface area contributed by atoms with Crippen molar-refractivity contribution in [2.75, 3.05) is 6.61 Å². The maximum Gasteiger partial charge on any atom is 0.323 e. The first-order valence-electron chi connectivity index (χ1n) is 5.96. The van der Waals surface area contributed by atoms with Gasteiger partial charge >= 0.3 is 5.97 Å². The van der Waals surface area contributed by atoms with Gasteiger partial charge in [-0.15, -0.1) is 0 Å². The van der Waals surface area contributed by atoms with E-state index in [-0.39, 0.29) is 5.97 Å². The molecule has 0 unspecified atom stereocenters. The van der Waals surface area contributed by atoms with Crippen LogP contribution in [-0.2, 0) is 16.0 Å². The summed E-state index contributed by atoms with van der Waals surface area (Å²) in [5.74, 6) is -0.358. The molecule has 0 fully saturated rings. The molecule has 1 atom stereocenters. The number of carbonyl (C=O) groups is 1. The lowest BCUT2D eigenvalue weighted by Gasteiger charge is -2.12. The fourth-order valence-electron chi connectivity index (χ4n) is 1.94. The van der Waals surface area contributed by atoms with Gasteiger partial charge in [-0.25, -0.2) is 0 Å². The molecule has 0 amide bonds. The maximum atomic E-state index is 11.5. The van der Waals surface area contributed by atoms with Crippen LogP contribution in [0, 0.1) is 0 Å². The van der Waals surface area contributed by atoms with Gasteiger partial charge in [0.25, 0.3) is 0 Å². The Morgan fingerprint density at radius 1 is 1.44 bits per heavy atom. The first-order valence-corrected chi connectivity index (χ1v) is 5.96. The smallest absolute Gasteiger partial charge is 0.323 e. The topological polar surface area (TPSA) is 65.2 Å². The Hall–Kier alpha value is -1.94. The Labute approximate surface area is 106 Å². The van der Waals surface area contributed by atoms with Crippen molar-refractivity contribution >= 4 is 16.7 Å². The third-order valence-electron chi connectivity index (χ3n) is 2.80. The number of ether oxygens (including phenoxy) is 1. The molecule has 1 aromatic carbocycles. The first kappa shape index (κ1) is 12.5. The van der Waals surface area contributed by atoms with Crippen LogP contribution in [0.4, 0.5) is 0 Å². The zero-order valence-electron chi connectivity index (χ0n) is 10.3. The lowest BCUT2D eigenvalue weighted by Crippen LogP contribution is -2.34. The van der Waals surface area contributed by atoms with Crippen molar-refractivity contribution in [1.82, 2.24) is 4.98 Å². The van der Waals surface area contributed by atoms with Gasteiger partial charge in [0.1, 0.15) is 6.04 Å². The molecule has 2 N–H and O–H groups in total. The standard InChI is InChI=1S/C14H16N2O2/c1-2-18-14(17)13(15)8-10-4-3-5-11-9-16-7-6-12(10)11/h3-7,9,13H,2,8,15H2,1H3/t13-/m0/s1. The monoisotopic (exact) mass is 244 g/mol. The number of carbonyl (C=O) groups excluding carboxylic acids is 1. The zero-order chi connectivity index (χ0) is 13.0. The normalized spacial score (nSPS) is 12.3. The summed E-state index contributed by atoms with van der Waals surface area (Å²) < 4.78 is 4.91. The molecule has 0 bridgehead atoms. The van der Waals surface area contributed by atoms with E-state index in [0.29, 0.717) is 13.0 Å². The average Bonchev–Trinajstić information content (AvgIpc) is 2.39. The molecule has 94 valence electrons. The highest BCUT2D eigenvalue weighted by atomic mass is 16.5. The highest BCUT2D eigenvalue weighted by Gasteiger charge is 2.16. The quantitative estimate of drug-likeness (QED) is 0.831. The number of rotatable bonds is 4. The van der Waals surface area contributed by atoms with E-state index in [9.17, 15) is 4.79 Å². The van der Waals surface area contributed by atoms with Crippen LogP contribution in [0.5, 0.6) is 0 Å². The van der Waals surface area contributed by atoms with Crippen LogP contribution in [0.2, 0.25) is 0 Å². The van der Waals surface area contributed by atoms with Gasteiger partial charge in [0, 0.05) is 17.8 Å². The molecule has 1 heterocycles. The summed E-state index contributed by atoms with van der Waals surface area (Å²) in [4.78, 5) is 15.6. The van der Waals surface area contributed by atoms with Crippen LogP contribution in [0.15, 0.2) is 36.7 Å². The summed E-state index contributed by atoms with van der Waals surface area (Å²) in [5.41, 5.74) is 6.87. The molecule has 4 nitrogen and oxygen atoms in total. The number of fused-ring (bicyclic) bond motifs is 1. The van der Waals surface area contributed by atoms with Crippen molar-refractivity contribution in [3.8, 4) is 0 Å². The van der Waals surface area contributed by atoms with E-state index in [2.05, 4.69) is 4.98 Å². The Kier molecular flexibility index (Phi) is 3.89. The van der Waals surface area contributed by atoms with Crippen LogP contribution < -0.4 is 5.73 Å². The summed E-state index contributed by atoms with van der Waals surface area (Å²) in [6.45, 7) is 2.13. The van der Waals surface area contributed by atoms with Gasteiger partial charge in [-0.1, -0.05) is 18.2 Å². The summed E-state index contributed by atoms with van der Waals surface area (Å²) in [6.07, 6.45) is 4.01. The highest BCUT2D eigenvalue weighted by Crippen LogP contribution is 2.18. The minimum atomic E-state index is -0.622. The van der Waals surface area contributed by atoms with Crippen molar-refractivity contribution in [2.24, 2.45) is 5.73 Å². The molecular weight excluding hydrogens is 228 g/mol. The number of esters is 1. The van der Waals surface area contributed by atoms with Gasteiger partial charge < -0.3 is 10.5 Å². The molecule has 0 aliphatic carbocycles. The third-order valence-corrected chi connectivity index (χ3v) is 2.80. The predicted molar refractivity (Wildman–Crippen MR) is 70.1 cm³/mol. The van der Waals surface area contributed by atoms with E-state index in [1.54, 1.807) is 19.3 Å². The van der Waals surface area contributed by atoms with E-state index in [4.69, 9.17) is 10.5 Å². The van der Waals surface area contributed by atoms with Crippen molar-refractivity contribution in [3.63, 3.8) is 0 Å². The third kappa shape index (κ3) is 2.65. The molecule has 0 radical (unpaired) electrons. The maximum absolute atomic E-state index is 11.5. The van der Waals surface area contributed by atoms with Crippen LogP contribution in [0.25, 0.3) is 10.8 Å². The Balaban J connectivity index is 2.24. The second-order valence-corrected chi connectivity index (χ2v) is 4.08. The van der Waals surface area contributed by atoms with Gasteiger partial charge in [0.05, 0.1) is 6.61 Å². The minimum Gasteiger partial charge on any atom is -0.465 e. The number of hydrogen-bond acceptors (Lipinski definition) is 4. The van der Waals surface area contributed by atoms with Crippen molar-refractivity contribution in [2.45, 2.75) is 19.4 Å². The lowest BCUT2D eigenvalue weighted by atomic mass is 10.0. The van der Waals surface area contributed by atoms with E-state index >= 15 is 0 Å². The van der Waals surface area contributed by atoms with E-state index in [0.717, 1.165) is 16.3 Å². The SMILES string of the molecule is CCOC(=O)[C@@H](N)Cc1cccc2cnccc12. The van der Waals surface area contributed by atoms with Crippen molar-refractivity contribution < 1.29 is 9.53 Å². The van der Waals surface area contributed by atoms with Crippen LogP contribution >= 0.6 is 0 Å². The Bertz CT molecular complexity index is 549. The van der Waals surface area contributed by atoms with Crippen molar-refractivity contribution in [1.29, 1.82) is 0 Å². The van der Waals surface area contributed by atoms with Gasteiger partial charge in [0.2, 0.25) is 0 Å². The number of nitrogens with zero attached hydrogens (tertiary/aromatic N) is 1. The summed E-state index contributed by atoms with van der Waals surface area (Å²) >= 11 is 0. The molecule has 0 spiro atoms. The molecule has 0 saturated heterocycles. The molecule has 18 heavy (non-hydrogen) atoms. The Morgan fingerprint density at radius 2 is 2.28 bits per heavy atom. The second-order valence-electron chi connectivity index (χ2n) is 4.08. The molecule has 0 aliphatic rings. The predicted octanol–water partition coefficient (Wildman–Crippen LogP) is 1.67. The number of benzene rings is 1. The number of aromatic nitrogens is 1. The van der Waals surface area contributed by atoms with Crippen LogP contribution in [0.1, 0.15) is 12.5 Å². The Morgan fingerprint density at radius 3 is 3.06 bits per heavy atom. The van der Waals surface area contributed by atoms with E-state index in [1.807, 2.05) is 24.3 Å². The molecule has 2 aromatic rings. The lowest BCUT2D eigenvalue weighted by molar-refractivity contribution is -0.144. The minimum absolute atomic E-state index is 0.353. The number of hydrogen-bond donors (Lipinski definition) is 1. The molecule has 0 saturated carbocycles.